The number of amides is 1. The van der Waals surface area contributed by atoms with Crippen LogP contribution >= 0.6 is 0 Å². The number of carbonyl (C=O) groups is 1. The molecular formula is C22H29N5O. The fourth-order valence-corrected chi connectivity index (χ4v) is 4.11. The van der Waals surface area contributed by atoms with E-state index in [-0.39, 0.29) is 17.9 Å². The van der Waals surface area contributed by atoms with Gasteiger partial charge in [0.15, 0.2) is 0 Å². The van der Waals surface area contributed by atoms with Gasteiger partial charge in [-0.2, -0.15) is 0 Å². The predicted molar refractivity (Wildman–Crippen MR) is 111 cm³/mol. The first-order valence-corrected chi connectivity index (χ1v) is 10.4. The quantitative estimate of drug-likeness (QED) is 0.865. The number of piperidine rings is 1. The van der Waals surface area contributed by atoms with Gasteiger partial charge in [-0.25, -0.2) is 9.97 Å². The smallest absolute Gasteiger partial charge is 0.225 e. The number of hydrogen-bond acceptors (Lipinski definition) is 5. The average molecular weight is 380 g/mol. The molecule has 1 aromatic carbocycles. The lowest BCUT2D eigenvalue weighted by Gasteiger charge is -2.33. The Morgan fingerprint density at radius 1 is 1.00 bits per heavy atom. The Kier molecular flexibility index (Phi) is 5.74. The van der Waals surface area contributed by atoms with Crippen LogP contribution in [0.5, 0.6) is 0 Å². The average Bonchev–Trinajstić information content (AvgIpc) is 3.29. The molecule has 2 aliphatic heterocycles. The molecule has 6 heteroatoms. The van der Waals surface area contributed by atoms with E-state index in [1.807, 2.05) is 37.5 Å². The van der Waals surface area contributed by atoms with Gasteiger partial charge in [0.25, 0.3) is 0 Å². The molecule has 2 aliphatic rings. The molecule has 4 rings (SSSR count). The van der Waals surface area contributed by atoms with E-state index in [0.29, 0.717) is 0 Å². The van der Waals surface area contributed by atoms with Gasteiger partial charge in [0.2, 0.25) is 11.9 Å². The van der Waals surface area contributed by atoms with Crippen LogP contribution in [0.15, 0.2) is 42.7 Å². The topological polar surface area (TPSA) is 61.4 Å². The Morgan fingerprint density at radius 3 is 2.29 bits per heavy atom. The van der Waals surface area contributed by atoms with Crippen molar-refractivity contribution in [2.45, 2.75) is 38.6 Å². The summed E-state index contributed by atoms with van der Waals surface area (Å²) in [5.41, 5.74) is 2.20. The molecule has 2 saturated heterocycles. The second kappa shape index (κ2) is 8.59. The van der Waals surface area contributed by atoms with Gasteiger partial charge in [-0.3, -0.25) is 4.79 Å². The summed E-state index contributed by atoms with van der Waals surface area (Å²) < 4.78 is 0. The SMILES string of the molecule is C[C@@H](NC(=O)C1CCN(c2cnc(N3CCCC3)nc2)CC1)c1ccccc1. The van der Waals surface area contributed by atoms with Crippen molar-refractivity contribution in [2.24, 2.45) is 5.92 Å². The van der Waals surface area contributed by atoms with E-state index in [1.165, 1.54) is 12.8 Å². The van der Waals surface area contributed by atoms with Crippen molar-refractivity contribution in [1.82, 2.24) is 15.3 Å². The van der Waals surface area contributed by atoms with Crippen molar-refractivity contribution in [3.8, 4) is 0 Å². The van der Waals surface area contributed by atoms with Crippen molar-refractivity contribution in [1.29, 1.82) is 0 Å². The van der Waals surface area contributed by atoms with Crippen molar-refractivity contribution in [3.05, 3.63) is 48.3 Å². The summed E-state index contributed by atoms with van der Waals surface area (Å²) in [5.74, 6) is 1.08. The predicted octanol–water partition coefficient (Wildman–Crippen LogP) is 3.17. The summed E-state index contributed by atoms with van der Waals surface area (Å²) in [6, 6.07) is 10.2. The summed E-state index contributed by atoms with van der Waals surface area (Å²) in [7, 11) is 0. The molecule has 1 amide bonds. The van der Waals surface area contributed by atoms with Crippen LogP contribution in [0.4, 0.5) is 11.6 Å². The zero-order chi connectivity index (χ0) is 19.3. The highest BCUT2D eigenvalue weighted by atomic mass is 16.1. The van der Waals surface area contributed by atoms with Gasteiger partial charge in [-0.1, -0.05) is 30.3 Å². The Morgan fingerprint density at radius 2 is 1.64 bits per heavy atom. The maximum absolute atomic E-state index is 12.7. The number of hydrogen-bond donors (Lipinski definition) is 1. The van der Waals surface area contributed by atoms with Crippen LogP contribution < -0.4 is 15.1 Å². The van der Waals surface area contributed by atoms with Gasteiger partial charge < -0.3 is 15.1 Å². The van der Waals surface area contributed by atoms with Gasteiger partial charge in [0, 0.05) is 32.1 Å². The number of anilines is 2. The summed E-state index contributed by atoms with van der Waals surface area (Å²) in [5, 5.41) is 3.17. The number of nitrogens with zero attached hydrogens (tertiary/aromatic N) is 4. The minimum Gasteiger partial charge on any atom is -0.369 e. The number of benzene rings is 1. The number of rotatable bonds is 5. The largest absolute Gasteiger partial charge is 0.369 e. The Hall–Kier alpha value is -2.63. The van der Waals surface area contributed by atoms with E-state index in [2.05, 4.69) is 37.2 Å². The van der Waals surface area contributed by atoms with Crippen LogP contribution in [0.25, 0.3) is 0 Å². The maximum atomic E-state index is 12.7. The fourth-order valence-electron chi connectivity index (χ4n) is 4.11. The highest BCUT2D eigenvalue weighted by Crippen LogP contribution is 2.25. The van der Waals surface area contributed by atoms with E-state index < -0.39 is 0 Å². The molecule has 2 fully saturated rings. The lowest BCUT2D eigenvalue weighted by atomic mass is 9.95. The lowest BCUT2D eigenvalue weighted by molar-refractivity contribution is -0.126. The molecule has 0 aliphatic carbocycles. The molecule has 2 aromatic rings. The number of carbonyl (C=O) groups excluding carboxylic acids is 1. The molecule has 0 radical (unpaired) electrons. The number of aromatic nitrogens is 2. The monoisotopic (exact) mass is 379 g/mol. The molecule has 0 bridgehead atoms. The Balaban J connectivity index is 1.28. The first kappa shape index (κ1) is 18.7. The molecule has 0 saturated carbocycles. The fraction of sp³-hybridized carbons (Fsp3) is 0.500. The highest BCUT2D eigenvalue weighted by molar-refractivity contribution is 5.79. The maximum Gasteiger partial charge on any atom is 0.225 e. The summed E-state index contributed by atoms with van der Waals surface area (Å²) >= 11 is 0. The van der Waals surface area contributed by atoms with Crippen molar-refractivity contribution in [2.75, 3.05) is 36.0 Å². The van der Waals surface area contributed by atoms with E-state index in [4.69, 9.17) is 0 Å². The van der Waals surface area contributed by atoms with Crippen LogP contribution in [0.1, 0.15) is 44.2 Å². The van der Waals surface area contributed by atoms with E-state index in [0.717, 1.165) is 56.2 Å². The van der Waals surface area contributed by atoms with Gasteiger partial charge in [-0.15, -0.1) is 0 Å². The minimum atomic E-state index is 0.0401. The molecule has 0 unspecified atom stereocenters. The highest BCUT2D eigenvalue weighted by Gasteiger charge is 2.26. The van der Waals surface area contributed by atoms with Crippen molar-refractivity contribution >= 4 is 17.5 Å². The van der Waals surface area contributed by atoms with Crippen molar-refractivity contribution in [3.63, 3.8) is 0 Å². The third-order valence-electron chi connectivity index (χ3n) is 5.90. The molecule has 6 nitrogen and oxygen atoms in total. The molecule has 148 valence electrons. The number of nitrogens with one attached hydrogen (secondary N) is 1. The lowest BCUT2D eigenvalue weighted by Crippen LogP contribution is -2.41. The van der Waals surface area contributed by atoms with Crippen LogP contribution in [-0.2, 0) is 4.79 Å². The molecule has 1 atom stereocenters. The first-order chi connectivity index (χ1) is 13.7. The third kappa shape index (κ3) is 4.26. The summed E-state index contributed by atoms with van der Waals surface area (Å²) in [6.45, 7) is 5.89. The van der Waals surface area contributed by atoms with Gasteiger partial charge >= 0.3 is 0 Å². The zero-order valence-electron chi connectivity index (χ0n) is 16.6. The van der Waals surface area contributed by atoms with Crippen molar-refractivity contribution < 1.29 is 4.79 Å². The third-order valence-corrected chi connectivity index (χ3v) is 5.90. The van der Waals surface area contributed by atoms with Gasteiger partial charge in [0.1, 0.15) is 0 Å². The van der Waals surface area contributed by atoms with E-state index >= 15 is 0 Å². The summed E-state index contributed by atoms with van der Waals surface area (Å²) in [6.07, 6.45) is 8.03. The van der Waals surface area contributed by atoms with Crippen LogP contribution in [0, 0.1) is 5.92 Å². The van der Waals surface area contributed by atoms with E-state index in [1.54, 1.807) is 0 Å². The molecule has 0 spiro atoms. The molecule has 1 N–H and O–H groups in total. The second-order valence-corrected chi connectivity index (χ2v) is 7.84. The zero-order valence-corrected chi connectivity index (χ0v) is 16.6. The summed E-state index contributed by atoms with van der Waals surface area (Å²) in [4.78, 5) is 26.3. The molecular weight excluding hydrogens is 350 g/mol. The normalized spacial score (nSPS) is 18.9. The minimum absolute atomic E-state index is 0.0401. The van der Waals surface area contributed by atoms with E-state index in [9.17, 15) is 4.79 Å². The standard InChI is InChI=1S/C22H29N5O/c1-17(18-7-3-2-4-8-18)25-21(28)19-9-13-26(14-10-19)20-15-23-22(24-16-20)27-11-5-6-12-27/h2-4,7-8,15-17,19H,5-6,9-14H2,1H3,(H,25,28)/t17-/m1/s1. The Bertz CT molecular complexity index is 765. The molecule has 1 aromatic heterocycles. The molecule has 3 heterocycles. The molecule has 28 heavy (non-hydrogen) atoms. The Labute approximate surface area is 167 Å². The van der Waals surface area contributed by atoms with Crippen LogP contribution in [-0.4, -0.2) is 42.1 Å². The van der Waals surface area contributed by atoms with Gasteiger partial charge in [0.05, 0.1) is 24.1 Å². The van der Waals surface area contributed by atoms with Crippen LogP contribution in [0.2, 0.25) is 0 Å². The van der Waals surface area contributed by atoms with Crippen LogP contribution in [0.3, 0.4) is 0 Å². The second-order valence-electron chi connectivity index (χ2n) is 7.84. The first-order valence-electron chi connectivity index (χ1n) is 10.4. The van der Waals surface area contributed by atoms with Gasteiger partial charge in [-0.05, 0) is 38.2 Å².